The van der Waals surface area contributed by atoms with Crippen molar-refractivity contribution < 1.29 is 4.79 Å². The molecule has 1 heterocycles. The van der Waals surface area contributed by atoms with Crippen molar-refractivity contribution in [2.75, 3.05) is 37.6 Å². The molecule has 0 aliphatic carbocycles. The molecule has 4 heteroatoms. The number of amides is 1. The van der Waals surface area contributed by atoms with E-state index in [2.05, 4.69) is 46.3 Å². The van der Waals surface area contributed by atoms with Crippen LogP contribution in [0, 0.1) is 6.92 Å². The van der Waals surface area contributed by atoms with Gasteiger partial charge in [-0.15, -0.1) is 0 Å². The Bertz CT molecular complexity index is 693. The quantitative estimate of drug-likeness (QED) is 0.911. The Morgan fingerprint density at radius 2 is 1.64 bits per heavy atom. The maximum absolute atomic E-state index is 12.3. The van der Waals surface area contributed by atoms with Crippen molar-refractivity contribution in [2.45, 2.75) is 19.9 Å². The number of benzene rings is 2. The number of carbonyl (C=O) groups is 1. The van der Waals surface area contributed by atoms with Crippen molar-refractivity contribution in [1.82, 2.24) is 10.2 Å². The minimum absolute atomic E-state index is 0.0435. The van der Waals surface area contributed by atoms with Crippen LogP contribution in [-0.4, -0.2) is 43.5 Å². The van der Waals surface area contributed by atoms with Gasteiger partial charge in [0.25, 0.3) is 0 Å². The van der Waals surface area contributed by atoms with Gasteiger partial charge in [-0.3, -0.25) is 9.69 Å². The molecule has 0 unspecified atom stereocenters. The molecule has 3 rings (SSSR count). The van der Waals surface area contributed by atoms with Crippen molar-refractivity contribution in [3.63, 3.8) is 0 Å². The minimum Gasteiger partial charge on any atom is -0.369 e. The molecule has 0 saturated carbocycles. The van der Waals surface area contributed by atoms with Crippen LogP contribution in [0.15, 0.2) is 54.6 Å². The first-order valence-electron chi connectivity index (χ1n) is 9.01. The van der Waals surface area contributed by atoms with Gasteiger partial charge in [0, 0.05) is 31.9 Å². The number of nitrogens with one attached hydrogen (secondary N) is 1. The zero-order valence-electron chi connectivity index (χ0n) is 15.1. The molecule has 4 nitrogen and oxygen atoms in total. The minimum atomic E-state index is 0.0435. The van der Waals surface area contributed by atoms with Crippen molar-refractivity contribution in [3.8, 4) is 0 Å². The van der Waals surface area contributed by atoms with Crippen LogP contribution in [0.4, 0.5) is 5.69 Å². The van der Waals surface area contributed by atoms with Gasteiger partial charge in [0.2, 0.25) is 5.91 Å². The van der Waals surface area contributed by atoms with Crippen LogP contribution in [0.25, 0.3) is 0 Å². The van der Waals surface area contributed by atoms with E-state index in [0.717, 1.165) is 31.7 Å². The first-order chi connectivity index (χ1) is 12.1. The van der Waals surface area contributed by atoms with Crippen LogP contribution in [0.2, 0.25) is 0 Å². The zero-order chi connectivity index (χ0) is 17.6. The normalized spacial score (nSPS) is 16.5. The van der Waals surface area contributed by atoms with E-state index in [9.17, 15) is 4.79 Å². The molecule has 2 aromatic rings. The average molecular weight is 337 g/mol. The highest BCUT2D eigenvalue weighted by molar-refractivity contribution is 5.78. The molecule has 1 aliphatic heterocycles. The number of carbonyl (C=O) groups excluding carboxylic acids is 1. The van der Waals surface area contributed by atoms with E-state index < -0.39 is 0 Å². The molecule has 0 bridgehead atoms. The van der Waals surface area contributed by atoms with Crippen LogP contribution < -0.4 is 10.2 Å². The van der Waals surface area contributed by atoms with Crippen molar-refractivity contribution in [3.05, 3.63) is 65.7 Å². The predicted molar refractivity (Wildman–Crippen MR) is 103 cm³/mol. The van der Waals surface area contributed by atoms with Gasteiger partial charge >= 0.3 is 0 Å². The molecular formula is C21H27N3O. The third-order valence-corrected chi connectivity index (χ3v) is 4.87. The maximum atomic E-state index is 12.3. The summed E-state index contributed by atoms with van der Waals surface area (Å²) in [5, 5.41) is 3.10. The average Bonchev–Trinajstić information content (AvgIpc) is 2.63. The molecule has 0 radical (unpaired) electrons. The standard InChI is InChI=1S/C21H27N3O/c1-17-8-6-7-11-20(17)24-14-12-23(13-15-24)16-21(25)22-18(2)19-9-4-3-5-10-19/h3-11,18H,12-16H2,1-2H3,(H,22,25)/t18-/m0/s1. The Morgan fingerprint density at radius 3 is 2.32 bits per heavy atom. The molecule has 1 atom stereocenters. The molecule has 0 aromatic heterocycles. The number of hydrogen-bond donors (Lipinski definition) is 1. The van der Waals surface area contributed by atoms with Crippen LogP contribution in [-0.2, 0) is 4.79 Å². The van der Waals surface area contributed by atoms with Crippen LogP contribution in [0.1, 0.15) is 24.1 Å². The van der Waals surface area contributed by atoms with Gasteiger partial charge in [-0.1, -0.05) is 48.5 Å². The summed E-state index contributed by atoms with van der Waals surface area (Å²) in [4.78, 5) is 17.0. The largest absolute Gasteiger partial charge is 0.369 e. The number of nitrogens with zero attached hydrogens (tertiary/aromatic N) is 2. The second kappa shape index (κ2) is 8.17. The first-order valence-corrected chi connectivity index (χ1v) is 9.01. The van der Waals surface area contributed by atoms with E-state index in [1.807, 2.05) is 37.3 Å². The summed E-state index contributed by atoms with van der Waals surface area (Å²) in [6.45, 7) is 8.42. The highest BCUT2D eigenvalue weighted by atomic mass is 16.2. The number of rotatable bonds is 5. The Kier molecular flexibility index (Phi) is 5.71. The van der Waals surface area contributed by atoms with Gasteiger partial charge in [0.05, 0.1) is 12.6 Å². The summed E-state index contributed by atoms with van der Waals surface area (Å²) >= 11 is 0. The van der Waals surface area contributed by atoms with Crippen molar-refractivity contribution in [1.29, 1.82) is 0 Å². The topological polar surface area (TPSA) is 35.6 Å². The Labute approximate surface area is 150 Å². The van der Waals surface area contributed by atoms with E-state index in [-0.39, 0.29) is 11.9 Å². The monoisotopic (exact) mass is 337 g/mol. The van der Waals surface area contributed by atoms with Gasteiger partial charge < -0.3 is 10.2 Å². The Balaban J connectivity index is 1.47. The van der Waals surface area contributed by atoms with E-state index in [0.29, 0.717) is 6.54 Å². The lowest BCUT2D eigenvalue weighted by molar-refractivity contribution is -0.123. The summed E-state index contributed by atoms with van der Waals surface area (Å²) in [6.07, 6.45) is 0. The van der Waals surface area contributed by atoms with Gasteiger partial charge in [-0.25, -0.2) is 0 Å². The third-order valence-electron chi connectivity index (χ3n) is 4.87. The van der Waals surface area contributed by atoms with Gasteiger partial charge in [0.1, 0.15) is 0 Å². The molecule has 1 N–H and O–H groups in total. The molecule has 1 saturated heterocycles. The number of para-hydroxylation sites is 1. The molecule has 132 valence electrons. The smallest absolute Gasteiger partial charge is 0.234 e. The fraction of sp³-hybridized carbons (Fsp3) is 0.381. The Morgan fingerprint density at radius 1 is 1.00 bits per heavy atom. The molecule has 1 amide bonds. The fourth-order valence-corrected chi connectivity index (χ4v) is 3.38. The summed E-state index contributed by atoms with van der Waals surface area (Å²) in [5.74, 6) is 0.0979. The first kappa shape index (κ1) is 17.5. The van der Waals surface area contributed by atoms with Gasteiger partial charge in [-0.2, -0.15) is 0 Å². The predicted octanol–water partition coefficient (Wildman–Crippen LogP) is 2.99. The summed E-state index contributed by atoms with van der Waals surface area (Å²) < 4.78 is 0. The van der Waals surface area contributed by atoms with Crippen LogP contribution in [0.5, 0.6) is 0 Å². The Hall–Kier alpha value is -2.33. The summed E-state index contributed by atoms with van der Waals surface area (Å²) in [7, 11) is 0. The lowest BCUT2D eigenvalue weighted by Gasteiger charge is -2.36. The highest BCUT2D eigenvalue weighted by Crippen LogP contribution is 2.20. The molecule has 1 aliphatic rings. The lowest BCUT2D eigenvalue weighted by atomic mass is 10.1. The number of anilines is 1. The molecular weight excluding hydrogens is 310 g/mol. The fourth-order valence-electron chi connectivity index (χ4n) is 3.38. The lowest BCUT2D eigenvalue weighted by Crippen LogP contribution is -2.49. The number of piperazine rings is 1. The summed E-state index contributed by atoms with van der Waals surface area (Å²) in [5.41, 5.74) is 3.76. The zero-order valence-corrected chi connectivity index (χ0v) is 15.1. The van der Waals surface area contributed by atoms with E-state index in [1.165, 1.54) is 11.3 Å². The maximum Gasteiger partial charge on any atom is 0.234 e. The van der Waals surface area contributed by atoms with E-state index >= 15 is 0 Å². The highest BCUT2D eigenvalue weighted by Gasteiger charge is 2.20. The van der Waals surface area contributed by atoms with E-state index in [4.69, 9.17) is 0 Å². The second-order valence-electron chi connectivity index (χ2n) is 6.75. The van der Waals surface area contributed by atoms with Crippen LogP contribution in [0.3, 0.4) is 0 Å². The molecule has 0 spiro atoms. The summed E-state index contributed by atoms with van der Waals surface area (Å²) in [6, 6.07) is 18.6. The second-order valence-corrected chi connectivity index (χ2v) is 6.75. The van der Waals surface area contributed by atoms with Crippen molar-refractivity contribution >= 4 is 11.6 Å². The van der Waals surface area contributed by atoms with Crippen LogP contribution >= 0.6 is 0 Å². The van der Waals surface area contributed by atoms with Crippen molar-refractivity contribution in [2.24, 2.45) is 0 Å². The molecule has 25 heavy (non-hydrogen) atoms. The SMILES string of the molecule is Cc1ccccc1N1CCN(CC(=O)N[C@@H](C)c2ccccc2)CC1. The van der Waals surface area contributed by atoms with Gasteiger partial charge in [-0.05, 0) is 31.0 Å². The van der Waals surface area contributed by atoms with E-state index in [1.54, 1.807) is 0 Å². The molecule has 2 aromatic carbocycles. The number of hydrogen-bond acceptors (Lipinski definition) is 3. The third kappa shape index (κ3) is 4.60. The molecule has 1 fully saturated rings. The van der Waals surface area contributed by atoms with Gasteiger partial charge in [0.15, 0.2) is 0 Å². The number of aryl methyl sites for hydroxylation is 1.